The highest BCUT2D eigenvalue weighted by Crippen LogP contribution is 2.39. The van der Waals surface area contributed by atoms with Crippen LogP contribution in [0, 0.1) is 0 Å². The molecule has 1 aromatic rings. The molecule has 1 saturated heterocycles. The zero-order chi connectivity index (χ0) is 18.7. The van der Waals surface area contributed by atoms with Crippen molar-refractivity contribution in [2.45, 2.75) is 32.0 Å². The number of carbonyl (C=O) groups excluding carboxylic acids is 2. The molecule has 0 aromatic heterocycles. The van der Waals surface area contributed by atoms with E-state index in [-0.39, 0.29) is 24.2 Å². The topological polar surface area (TPSA) is 111 Å². The lowest BCUT2D eigenvalue weighted by molar-refractivity contribution is -0.141. The number of hydrogen-bond donors (Lipinski definition) is 2. The Labute approximate surface area is 152 Å². The maximum Gasteiger partial charge on any atom is 0.360 e. The summed E-state index contributed by atoms with van der Waals surface area (Å²) in [6, 6.07) is 8.89. The second-order valence-corrected chi connectivity index (χ2v) is 6.30. The fourth-order valence-electron chi connectivity index (χ4n) is 3.49. The van der Waals surface area contributed by atoms with Gasteiger partial charge in [0.15, 0.2) is 5.70 Å². The molecule has 2 heterocycles. The number of likely N-dealkylation sites (tertiary alicyclic amines) is 1. The van der Waals surface area contributed by atoms with Gasteiger partial charge in [-0.25, -0.2) is 9.59 Å². The van der Waals surface area contributed by atoms with Crippen LogP contribution in [0.25, 0.3) is 0 Å². The summed E-state index contributed by atoms with van der Waals surface area (Å²) < 4.78 is 11.0. The lowest BCUT2D eigenvalue weighted by Gasteiger charge is -2.40. The average Bonchev–Trinajstić information content (AvgIpc) is 3.00. The van der Waals surface area contributed by atoms with Gasteiger partial charge in [-0.1, -0.05) is 30.3 Å². The Morgan fingerprint density at radius 2 is 2.04 bits per heavy atom. The summed E-state index contributed by atoms with van der Waals surface area (Å²) >= 11 is 0. The third-order valence-corrected chi connectivity index (χ3v) is 4.64. The number of nitrogens with zero attached hydrogens (tertiary/aromatic N) is 2. The van der Waals surface area contributed by atoms with Gasteiger partial charge in [0, 0.05) is 18.7 Å². The number of benzene rings is 1. The number of primary amides is 1. The van der Waals surface area contributed by atoms with Gasteiger partial charge in [-0.05, 0) is 19.8 Å². The van der Waals surface area contributed by atoms with E-state index in [0.29, 0.717) is 13.1 Å². The number of hydrogen-bond acceptors (Lipinski definition) is 6. The highest BCUT2D eigenvalue weighted by atomic mass is 16.6. The first-order valence-corrected chi connectivity index (χ1v) is 8.74. The SMILES string of the molecule is CCOC(=O)C1=C(N)OC(c2ccccc2)N1[C@H]1CCCN(C(N)=O)C1. The van der Waals surface area contributed by atoms with Crippen molar-refractivity contribution in [2.75, 3.05) is 19.7 Å². The van der Waals surface area contributed by atoms with Gasteiger partial charge in [0.25, 0.3) is 0 Å². The Morgan fingerprint density at radius 3 is 2.69 bits per heavy atom. The normalized spacial score (nSPS) is 23.0. The van der Waals surface area contributed by atoms with Crippen molar-refractivity contribution in [3.8, 4) is 0 Å². The molecule has 8 nitrogen and oxygen atoms in total. The fraction of sp³-hybridized carbons (Fsp3) is 0.444. The lowest BCUT2D eigenvalue weighted by Crippen LogP contribution is -2.51. The average molecular weight is 360 g/mol. The lowest BCUT2D eigenvalue weighted by atomic mass is 10.0. The van der Waals surface area contributed by atoms with Crippen LogP contribution < -0.4 is 11.5 Å². The minimum Gasteiger partial charge on any atom is -0.461 e. The summed E-state index contributed by atoms with van der Waals surface area (Å²) in [5, 5.41) is 0. The van der Waals surface area contributed by atoms with Gasteiger partial charge in [-0.15, -0.1) is 0 Å². The first-order valence-electron chi connectivity index (χ1n) is 8.74. The summed E-state index contributed by atoms with van der Waals surface area (Å²) in [5.74, 6) is -0.492. The van der Waals surface area contributed by atoms with Crippen LogP contribution in [0.5, 0.6) is 0 Å². The van der Waals surface area contributed by atoms with E-state index in [9.17, 15) is 9.59 Å². The summed E-state index contributed by atoms with van der Waals surface area (Å²) in [6.45, 7) is 2.97. The third-order valence-electron chi connectivity index (χ3n) is 4.64. The van der Waals surface area contributed by atoms with Crippen LogP contribution in [0.1, 0.15) is 31.6 Å². The summed E-state index contributed by atoms with van der Waals surface area (Å²) in [5.41, 5.74) is 12.6. The van der Waals surface area contributed by atoms with Gasteiger partial charge in [-0.3, -0.25) is 0 Å². The maximum atomic E-state index is 12.5. The van der Waals surface area contributed by atoms with E-state index < -0.39 is 18.2 Å². The second kappa shape index (κ2) is 7.55. The van der Waals surface area contributed by atoms with Crippen molar-refractivity contribution in [3.05, 3.63) is 47.5 Å². The van der Waals surface area contributed by atoms with Crippen molar-refractivity contribution in [3.63, 3.8) is 0 Å². The highest BCUT2D eigenvalue weighted by Gasteiger charge is 2.43. The Bertz CT molecular complexity index is 706. The van der Waals surface area contributed by atoms with Crippen LogP contribution in [0.15, 0.2) is 41.9 Å². The molecule has 1 fully saturated rings. The molecule has 0 bridgehead atoms. The Balaban J connectivity index is 1.95. The molecule has 2 aliphatic rings. The van der Waals surface area contributed by atoms with E-state index in [2.05, 4.69) is 0 Å². The van der Waals surface area contributed by atoms with Crippen molar-refractivity contribution < 1.29 is 19.1 Å². The zero-order valence-electron chi connectivity index (χ0n) is 14.8. The van der Waals surface area contributed by atoms with E-state index in [1.807, 2.05) is 35.2 Å². The van der Waals surface area contributed by atoms with E-state index >= 15 is 0 Å². The van der Waals surface area contributed by atoms with Gasteiger partial charge in [-0.2, -0.15) is 0 Å². The Hall–Kier alpha value is -2.90. The molecule has 2 atom stereocenters. The first kappa shape index (κ1) is 17.9. The summed E-state index contributed by atoms with van der Waals surface area (Å²) in [6.07, 6.45) is 1.02. The number of rotatable bonds is 4. The zero-order valence-corrected chi connectivity index (χ0v) is 14.8. The largest absolute Gasteiger partial charge is 0.461 e. The molecule has 1 aromatic carbocycles. The molecule has 0 radical (unpaired) electrons. The van der Waals surface area contributed by atoms with Crippen LogP contribution in [0.3, 0.4) is 0 Å². The molecule has 26 heavy (non-hydrogen) atoms. The van der Waals surface area contributed by atoms with Gasteiger partial charge in [0.1, 0.15) is 0 Å². The van der Waals surface area contributed by atoms with Gasteiger partial charge < -0.3 is 30.7 Å². The Morgan fingerprint density at radius 1 is 1.31 bits per heavy atom. The number of nitrogens with two attached hydrogens (primary N) is 2. The number of piperidine rings is 1. The van der Waals surface area contributed by atoms with Crippen molar-refractivity contribution in [1.82, 2.24) is 9.80 Å². The molecule has 2 amide bonds. The van der Waals surface area contributed by atoms with Crippen LogP contribution >= 0.6 is 0 Å². The van der Waals surface area contributed by atoms with Crippen molar-refractivity contribution in [1.29, 1.82) is 0 Å². The standard InChI is InChI=1S/C18H24N4O4/c1-2-25-17(23)14-15(19)26-16(12-7-4-3-5-8-12)22(14)13-9-6-10-21(11-13)18(20)24/h3-5,7-8,13,16H,2,6,9-11,19H2,1H3,(H2,20,24)/t13-,16?/m0/s1. The number of ether oxygens (including phenoxy) is 2. The molecule has 140 valence electrons. The number of urea groups is 1. The maximum absolute atomic E-state index is 12.5. The molecule has 8 heteroatoms. The van der Waals surface area contributed by atoms with Crippen LogP contribution in [-0.4, -0.2) is 47.5 Å². The van der Waals surface area contributed by atoms with Crippen molar-refractivity contribution >= 4 is 12.0 Å². The van der Waals surface area contributed by atoms with Crippen LogP contribution in [-0.2, 0) is 14.3 Å². The second-order valence-electron chi connectivity index (χ2n) is 6.30. The Kier molecular flexibility index (Phi) is 5.20. The number of amides is 2. The molecule has 0 aliphatic carbocycles. The van der Waals surface area contributed by atoms with E-state index in [4.69, 9.17) is 20.9 Å². The molecule has 3 rings (SSSR count). The molecular formula is C18H24N4O4. The van der Waals surface area contributed by atoms with Crippen LogP contribution in [0.2, 0.25) is 0 Å². The molecule has 0 saturated carbocycles. The number of esters is 1. The predicted molar refractivity (Wildman–Crippen MR) is 94.1 cm³/mol. The quantitative estimate of drug-likeness (QED) is 0.782. The molecule has 1 unspecified atom stereocenters. The minimum absolute atomic E-state index is 0.0356. The van der Waals surface area contributed by atoms with E-state index in [1.54, 1.807) is 11.8 Å². The fourth-order valence-corrected chi connectivity index (χ4v) is 3.49. The molecular weight excluding hydrogens is 336 g/mol. The van der Waals surface area contributed by atoms with Gasteiger partial charge >= 0.3 is 12.0 Å². The summed E-state index contributed by atoms with van der Waals surface area (Å²) in [7, 11) is 0. The highest BCUT2D eigenvalue weighted by molar-refractivity contribution is 5.89. The first-order chi connectivity index (χ1) is 12.5. The molecule has 4 N–H and O–H groups in total. The molecule has 0 spiro atoms. The van der Waals surface area contributed by atoms with E-state index in [1.165, 1.54) is 0 Å². The van der Waals surface area contributed by atoms with Gasteiger partial charge in [0.2, 0.25) is 12.1 Å². The number of carbonyl (C=O) groups is 2. The summed E-state index contributed by atoms with van der Waals surface area (Å²) in [4.78, 5) is 27.5. The monoisotopic (exact) mass is 360 g/mol. The smallest absolute Gasteiger partial charge is 0.360 e. The minimum atomic E-state index is -0.548. The predicted octanol–water partition coefficient (Wildman–Crippen LogP) is 1.25. The molecule has 2 aliphatic heterocycles. The van der Waals surface area contributed by atoms with Gasteiger partial charge in [0.05, 0.1) is 12.6 Å². The third kappa shape index (κ3) is 3.40. The van der Waals surface area contributed by atoms with Crippen LogP contribution in [0.4, 0.5) is 4.79 Å². The van der Waals surface area contributed by atoms with Crippen molar-refractivity contribution in [2.24, 2.45) is 11.5 Å². The van der Waals surface area contributed by atoms with E-state index in [0.717, 1.165) is 18.4 Å².